The summed E-state index contributed by atoms with van der Waals surface area (Å²) >= 11 is 0. The zero-order valence-corrected chi connectivity index (χ0v) is 17.3. The predicted octanol–water partition coefficient (Wildman–Crippen LogP) is 2.60. The molecule has 29 heavy (non-hydrogen) atoms. The van der Waals surface area contributed by atoms with Crippen LogP contribution in [-0.4, -0.2) is 59.0 Å². The minimum Gasteiger partial charge on any atom is -0.493 e. The number of carbonyl (C=O) groups excluding carboxylic acids is 1. The molecule has 0 aliphatic carbocycles. The third kappa shape index (κ3) is 4.05. The van der Waals surface area contributed by atoms with Crippen LogP contribution in [0.15, 0.2) is 30.5 Å². The normalized spacial score (nSPS) is 20.2. The van der Waals surface area contributed by atoms with Gasteiger partial charge >= 0.3 is 0 Å². The average molecular weight is 396 g/mol. The number of amides is 1. The van der Waals surface area contributed by atoms with Crippen LogP contribution in [-0.2, 0) is 17.8 Å². The van der Waals surface area contributed by atoms with Crippen molar-refractivity contribution in [3.8, 4) is 11.5 Å². The zero-order chi connectivity index (χ0) is 20.4. The van der Waals surface area contributed by atoms with Crippen LogP contribution in [0, 0.1) is 0 Å². The summed E-state index contributed by atoms with van der Waals surface area (Å²) in [5.74, 6) is 1.90. The van der Waals surface area contributed by atoms with Gasteiger partial charge in [-0.15, -0.1) is 0 Å². The van der Waals surface area contributed by atoms with E-state index in [2.05, 4.69) is 16.9 Å². The molecule has 1 saturated heterocycles. The Morgan fingerprint density at radius 3 is 2.83 bits per heavy atom. The van der Waals surface area contributed by atoms with Crippen molar-refractivity contribution in [1.29, 1.82) is 0 Å². The molecule has 4 rings (SSSR count). The second kappa shape index (κ2) is 8.37. The predicted molar refractivity (Wildman–Crippen MR) is 109 cm³/mol. The van der Waals surface area contributed by atoms with E-state index in [4.69, 9.17) is 14.5 Å². The Morgan fingerprint density at radius 1 is 1.24 bits per heavy atom. The smallest absolute Gasteiger partial charge is 0.263 e. The Kier molecular flexibility index (Phi) is 5.67. The fourth-order valence-electron chi connectivity index (χ4n) is 4.12. The van der Waals surface area contributed by atoms with Crippen molar-refractivity contribution in [3.05, 3.63) is 47.5 Å². The van der Waals surface area contributed by atoms with E-state index in [1.54, 1.807) is 14.0 Å². The minimum atomic E-state index is -0.613. The van der Waals surface area contributed by atoms with Crippen LogP contribution in [0.1, 0.15) is 42.9 Å². The average Bonchev–Trinajstić information content (AvgIpc) is 3.23. The summed E-state index contributed by atoms with van der Waals surface area (Å²) in [7, 11) is 3.70. The van der Waals surface area contributed by atoms with Crippen molar-refractivity contribution in [2.24, 2.45) is 0 Å². The van der Waals surface area contributed by atoms with Crippen LogP contribution in [0.25, 0.3) is 0 Å². The highest BCUT2D eigenvalue weighted by Crippen LogP contribution is 2.33. The molecular weight excluding hydrogens is 368 g/mol. The van der Waals surface area contributed by atoms with Gasteiger partial charge in [0.05, 0.1) is 13.2 Å². The number of rotatable bonds is 5. The van der Waals surface area contributed by atoms with Gasteiger partial charge in [-0.05, 0) is 38.9 Å². The number of hydrogen-bond donors (Lipinski definition) is 0. The number of nitrogens with zero attached hydrogens (tertiary/aromatic N) is 4. The lowest BCUT2D eigenvalue weighted by Gasteiger charge is -2.28. The molecule has 0 spiro atoms. The van der Waals surface area contributed by atoms with E-state index in [0.717, 1.165) is 43.9 Å². The van der Waals surface area contributed by atoms with E-state index in [9.17, 15) is 4.79 Å². The van der Waals surface area contributed by atoms with E-state index in [1.807, 2.05) is 35.4 Å². The monoisotopic (exact) mass is 396 g/mol. The number of carbonyl (C=O) groups is 1. The molecule has 1 fully saturated rings. The van der Waals surface area contributed by atoms with Crippen molar-refractivity contribution >= 4 is 5.91 Å². The number of likely N-dealkylation sites (tertiary alicyclic amines) is 1. The van der Waals surface area contributed by atoms with Crippen LogP contribution >= 0.6 is 0 Å². The summed E-state index contributed by atoms with van der Waals surface area (Å²) in [5, 5.41) is 0. The maximum Gasteiger partial charge on any atom is 0.263 e. The first kappa shape index (κ1) is 19.6. The van der Waals surface area contributed by atoms with E-state index >= 15 is 0 Å². The van der Waals surface area contributed by atoms with Gasteiger partial charge in [-0.2, -0.15) is 0 Å². The van der Waals surface area contributed by atoms with Crippen LogP contribution in [0.5, 0.6) is 11.5 Å². The number of aromatic nitrogens is 2. The first-order valence-corrected chi connectivity index (χ1v) is 10.2. The van der Waals surface area contributed by atoms with Gasteiger partial charge in [0.15, 0.2) is 23.4 Å². The number of ether oxygens (including phenoxy) is 2. The first-order chi connectivity index (χ1) is 14.1. The van der Waals surface area contributed by atoms with E-state index in [1.165, 1.54) is 5.56 Å². The summed E-state index contributed by atoms with van der Waals surface area (Å²) in [6.07, 6.45) is 4.07. The second-order valence-corrected chi connectivity index (χ2v) is 7.79. The van der Waals surface area contributed by atoms with Gasteiger partial charge in [0.25, 0.3) is 5.91 Å². The summed E-state index contributed by atoms with van der Waals surface area (Å²) in [5.41, 5.74) is 2.30. The number of para-hydroxylation sites is 2. The fraction of sp³-hybridized carbons (Fsp3) is 0.500. The Hall–Kier alpha value is -2.67. The van der Waals surface area contributed by atoms with Crippen LogP contribution < -0.4 is 9.47 Å². The number of benzene rings is 1. The van der Waals surface area contributed by atoms with Crippen molar-refractivity contribution in [3.63, 3.8) is 0 Å². The Bertz CT molecular complexity index is 888. The number of methoxy groups -OCH3 is 1. The second-order valence-electron chi connectivity index (χ2n) is 7.79. The molecule has 2 aliphatic rings. The maximum absolute atomic E-state index is 13.2. The highest BCUT2D eigenvalue weighted by molar-refractivity contribution is 5.81. The zero-order valence-electron chi connectivity index (χ0n) is 17.3. The van der Waals surface area contributed by atoms with Crippen LogP contribution in [0.4, 0.5) is 0 Å². The van der Waals surface area contributed by atoms with Gasteiger partial charge in [-0.3, -0.25) is 4.79 Å². The molecular formula is C22H28N4O3. The Morgan fingerprint density at radius 2 is 2.03 bits per heavy atom. The topological polar surface area (TPSA) is 67.8 Å². The van der Waals surface area contributed by atoms with E-state index < -0.39 is 6.10 Å². The molecule has 0 bridgehead atoms. The van der Waals surface area contributed by atoms with Gasteiger partial charge in [-0.25, -0.2) is 9.97 Å². The lowest BCUT2D eigenvalue weighted by Crippen LogP contribution is -2.40. The van der Waals surface area contributed by atoms with Crippen molar-refractivity contribution in [2.75, 3.05) is 27.2 Å². The molecule has 2 atom stereocenters. The lowest BCUT2D eigenvalue weighted by atomic mass is 10.1. The molecule has 2 aliphatic heterocycles. The molecule has 7 nitrogen and oxygen atoms in total. The third-order valence-electron chi connectivity index (χ3n) is 5.70. The number of fused-ring (bicyclic) bond motifs is 1. The summed E-state index contributed by atoms with van der Waals surface area (Å²) in [6.45, 7) is 4.37. The fourth-order valence-corrected chi connectivity index (χ4v) is 4.12. The molecule has 3 heterocycles. The van der Waals surface area contributed by atoms with Gasteiger partial charge in [0.1, 0.15) is 0 Å². The summed E-state index contributed by atoms with van der Waals surface area (Å²) in [6, 6.07) is 7.29. The van der Waals surface area contributed by atoms with Crippen molar-refractivity contribution < 1.29 is 14.3 Å². The van der Waals surface area contributed by atoms with Gasteiger partial charge in [0.2, 0.25) is 0 Å². The molecule has 0 radical (unpaired) electrons. The summed E-state index contributed by atoms with van der Waals surface area (Å²) < 4.78 is 11.3. The van der Waals surface area contributed by atoms with Gasteiger partial charge in [-0.1, -0.05) is 12.1 Å². The molecule has 1 aromatic heterocycles. The molecule has 2 aromatic rings. The highest BCUT2D eigenvalue weighted by Gasteiger charge is 2.35. The summed E-state index contributed by atoms with van der Waals surface area (Å²) in [4.78, 5) is 26.8. The molecule has 0 saturated carbocycles. The minimum absolute atomic E-state index is 0.0422. The van der Waals surface area contributed by atoms with Crippen molar-refractivity contribution in [2.45, 2.75) is 44.9 Å². The third-order valence-corrected chi connectivity index (χ3v) is 5.70. The first-order valence-electron chi connectivity index (χ1n) is 10.2. The largest absolute Gasteiger partial charge is 0.493 e. The lowest BCUT2D eigenvalue weighted by molar-refractivity contribution is -0.139. The molecule has 1 amide bonds. The highest BCUT2D eigenvalue weighted by atomic mass is 16.5. The SMILES string of the molecule is COc1ccccc1O[C@@H](C)C(=O)N1CCC[C@H]1c1ncc2c(n1)CCN(C)C2. The van der Waals surface area contributed by atoms with Crippen molar-refractivity contribution in [1.82, 2.24) is 19.8 Å². The van der Waals surface area contributed by atoms with Gasteiger partial charge < -0.3 is 19.3 Å². The molecule has 0 N–H and O–H groups in total. The quantitative estimate of drug-likeness (QED) is 0.774. The number of hydrogen-bond acceptors (Lipinski definition) is 6. The molecule has 7 heteroatoms. The Balaban J connectivity index is 1.50. The van der Waals surface area contributed by atoms with E-state index in [-0.39, 0.29) is 11.9 Å². The number of likely N-dealkylation sites (N-methyl/N-ethyl adjacent to an activating group) is 1. The molecule has 154 valence electrons. The van der Waals surface area contributed by atoms with Gasteiger partial charge in [0, 0.05) is 43.5 Å². The van der Waals surface area contributed by atoms with Crippen LogP contribution in [0.2, 0.25) is 0 Å². The van der Waals surface area contributed by atoms with Crippen LogP contribution in [0.3, 0.4) is 0 Å². The maximum atomic E-state index is 13.2. The Labute approximate surface area is 171 Å². The molecule has 0 unspecified atom stereocenters. The molecule has 1 aromatic carbocycles. The van der Waals surface area contributed by atoms with E-state index in [0.29, 0.717) is 18.0 Å². The standard InChI is InChI=1S/C22H28N4O3/c1-15(29-20-9-5-4-8-19(20)28-3)22(27)26-11-6-7-18(26)21-23-13-16-14-25(2)12-10-17(16)24-21/h4-5,8-9,13,15,18H,6-7,10-12,14H2,1-3H3/t15-,18-/m0/s1.